The number of hydrogen-bond acceptors (Lipinski definition) is 9. The Morgan fingerprint density at radius 1 is 0.311 bits per heavy atom. The van der Waals surface area contributed by atoms with Crippen molar-refractivity contribution in [2.45, 2.75) is 276 Å². The van der Waals surface area contributed by atoms with Crippen LogP contribution in [0, 0.1) is 0 Å². The fourth-order valence-corrected chi connectivity index (χ4v) is 46.6. The zero-order valence-electron chi connectivity index (χ0n) is 48.4. The number of carbonyl (C=O) groups is 3. The zero-order valence-corrected chi connectivity index (χ0v) is 53.7. The first-order valence-electron chi connectivity index (χ1n) is 30.7. The van der Waals surface area contributed by atoms with Gasteiger partial charge in [-0.05, 0) is 57.8 Å². The molecule has 6 nitrogen and oxygen atoms in total. The van der Waals surface area contributed by atoms with E-state index in [1.165, 1.54) is 120 Å². The molecule has 428 valence electrons. The van der Waals surface area contributed by atoms with E-state index in [2.05, 4.69) is 101 Å². The first-order valence-corrected chi connectivity index (χ1v) is 46.2. The summed E-state index contributed by atoms with van der Waals surface area (Å²) in [6.07, 6.45) is 69.8. The van der Waals surface area contributed by atoms with Crippen LogP contribution in [0.5, 0.6) is 0 Å². The van der Waals surface area contributed by atoms with Crippen molar-refractivity contribution in [2.24, 2.45) is 0 Å². The number of ether oxygens (including phenoxy) is 3. The molecule has 0 aromatic heterocycles. The summed E-state index contributed by atoms with van der Waals surface area (Å²) in [5.74, 6) is 2.10. The number of allylic oxidation sites excluding steroid dienone is 12. The molecule has 10 heteroatoms. The molecule has 0 saturated heterocycles. The van der Waals surface area contributed by atoms with Crippen LogP contribution in [0.4, 0.5) is 0 Å². The van der Waals surface area contributed by atoms with Crippen LogP contribution in [0.15, 0.2) is 72.9 Å². The SMILES string of the molecule is CCCCCC=CCC=CCCCCCCCC(=O)OCC[S][Sn]([CH2]CCC)([S]CCOC(=O)CCCCCCCC=CCC=CCCCCC)[S]CCOC(=O)CCCCCCCC=CCC=CCCCCC. The van der Waals surface area contributed by atoms with Gasteiger partial charge >= 0.3 is 284 Å². The van der Waals surface area contributed by atoms with E-state index >= 15 is 0 Å². The Balaban J connectivity index is 4.78. The van der Waals surface area contributed by atoms with Gasteiger partial charge in [-0.1, -0.05) is 132 Å². The average molecular weight is 1190 g/mol. The summed E-state index contributed by atoms with van der Waals surface area (Å²) >= 11 is -3.02. The quantitative estimate of drug-likeness (QED) is 0.0195. The second-order valence-corrected chi connectivity index (χ2v) is 54.0. The van der Waals surface area contributed by atoms with Gasteiger partial charge in [0.05, 0.1) is 0 Å². The fraction of sp³-hybridized carbons (Fsp3) is 0.766. The van der Waals surface area contributed by atoms with Crippen molar-refractivity contribution in [3.8, 4) is 0 Å². The van der Waals surface area contributed by atoms with Crippen molar-refractivity contribution < 1.29 is 28.6 Å². The van der Waals surface area contributed by atoms with E-state index in [4.69, 9.17) is 14.2 Å². The smallest absolute Gasteiger partial charge is 0.0882 e. The van der Waals surface area contributed by atoms with Gasteiger partial charge in [0.1, 0.15) is 0 Å². The van der Waals surface area contributed by atoms with E-state index in [-0.39, 0.29) is 17.9 Å². The van der Waals surface area contributed by atoms with Crippen molar-refractivity contribution in [2.75, 3.05) is 37.1 Å². The number of esters is 3. The maximum absolute atomic E-state index is 12.7. The molecule has 0 aromatic rings. The minimum Gasteiger partial charge on any atom is -0.0882 e. The average Bonchev–Trinajstić information content (AvgIpc) is 3.40. The third kappa shape index (κ3) is 55.5. The minimum atomic E-state index is -3.02. The Morgan fingerprint density at radius 2 is 0.554 bits per heavy atom. The summed E-state index contributed by atoms with van der Waals surface area (Å²) in [5, 5.41) is 0. The Morgan fingerprint density at radius 3 is 0.824 bits per heavy atom. The van der Waals surface area contributed by atoms with Gasteiger partial charge in [-0.15, -0.1) is 0 Å². The van der Waals surface area contributed by atoms with E-state index in [9.17, 15) is 14.4 Å². The maximum atomic E-state index is 12.7. The Bertz CT molecular complexity index is 1270. The van der Waals surface area contributed by atoms with Crippen molar-refractivity contribution >= 4 is 59.0 Å². The first kappa shape index (κ1) is 72.7. The van der Waals surface area contributed by atoms with Gasteiger partial charge in [0.2, 0.25) is 0 Å². The molecule has 0 aliphatic rings. The summed E-state index contributed by atoms with van der Waals surface area (Å²) < 4.78 is 18.5. The molecule has 0 aromatic carbocycles. The molecule has 0 saturated carbocycles. The molecule has 0 fully saturated rings. The number of rotatable bonds is 57. The third-order valence-electron chi connectivity index (χ3n) is 12.8. The van der Waals surface area contributed by atoms with E-state index in [0.717, 1.165) is 126 Å². The van der Waals surface area contributed by atoms with Gasteiger partial charge in [-0.3, -0.25) is 0 Å². The third-order valence-corrected chi connectivity index (χ3v) is 52.9. The van der Waals surface area contributed by atoms with Crippen molar-refractivity contribution in [1.82, 2.24) is 0 Å². The van der Waals surface area contributed by atoms with Crippen LogP contribution in [0.3, 0.4) is 0 Å². The number of carbonyl (C=O) groups excluding carboxylic acids is 3. The standard InChI is InChI=1S/3C20H36O2S.C4H9.Sn/c3*1-2-3-4-5-6-7-8-9-10-11-12-13-14-15-16-17-20(21)22-18-19-23;1-3-4-2;/h3*6-7,9-10,23H,2-5,8,11-19H2,1H3;1,3-4H2,2H3;/q;;;;+3/p-3. The topological polar surface area (TPSA) is 78.9 Å². The summed E-state index contributed by atoms with van der Waals surface area (Å²) in [7, 11) is 6.11. The summed E-state index contributed by atoms with van der Waals surface area (Å²) in [6.45, 7) is 10.3. The van der Waals surface area contributed by atoms with Gasteiger partial charge in [0.25, 0.3) is 0 Å². The molecule has 0 N–H and O–H groups in total. The van der Waals surface area contributed by atoms with Gasteiger partial charge in [0.15, 0.2) is 0 Å². The molecule has 0 atom stereocenters. The van der Waals surface area contributed by atoms with Crippen molar-refractivity contribution in [3.63, 3.8) is 0 Å². The predicted molar refractivity (Wildman–Crippen MR) is 334 cm³/mol. The van der Waals surface area contributed by atoms with Crippen LogP contribution in [0.1, 0.15) is 272 Å². The predicted octanol–water partition coefficient (Wildman–Crippen LogP) is 21.0. The summed E-state index contributed by atoms with van der Waals surface area (Å²) in [5.41, 5.74) is 0. The molecule has 0 spiro atoms. The molecule has 0 unspecified atom stereocenters. The molecule has 0 rings (SSSR count). The number of unbranched alkanes of at least 4 members (excludes halogenated alkanes) is 25. The number of hydrogen-bond donors (Lipinski definition) is 0. The molecule has 0 amide bonds. The Hall–Kier alpha value is -1.30. The molecule has 0 bridgehead atoms. The Kier molecular flexibility index (Phi) is 59.8. The van der Waals surface area contributed by atoms with Gasteiger partial charge in [0, 0.05) is 0 Å². The second kappa shape index (κ2) is 60.9. The van der Waals surface area contributed by atoms with Crippen LogP contribution < -0.4 is 0 Å². The van der Waals surface area contributed by atoms with Crippen LogP contribution in [-0.2, 0) is 28.6 Å². The summed E-state index contributed by atoms with van der Waals surface area (Å²) in [4.78, 5) is 38.2. The van der Waals surface area contributed by atoms with E-state index in [1.807, 2.05) is 26.8 Å². The van der Waals surface area contributed by atoms with Crippen molar-refractivity contribution in [1.29, 1.82) is 0 Å². The minimum absolute atomic E-state index is 0.0852. The Labute approximate surface area is 470 Å². The van der Waals surface area contributed by atoms with Crippen LogP contribution in [-0.4, -0.2) is 69.2 Å². The van der Waals surface area contributed by atoms with Gasteiger partial charge in [-0.2, -0.15) is 0 Å². The van der Waals surface area contributed by atoms with Crippen LogP contribution in [0.2, 0.25) is 4.44 Å². The normalized spacial score (nSPS) is 13.0. The summed E-state index contributed by atoms with van der Waals surface area (Å²) in [6, 6.07) is 0. The fourth-order valence-electron chi connectivity index (χ4n) is 8.25. The molecular weight excluding hydrogens is 1080 g/mol. The molecule has 0 aliphatic heterocycles. The van der Waals surface area contributed by atoms with E-state index < -0.39 is 14.2 Å². The zero-order chi connectivity index (χ0) is 53.8. The van der Waals surface area contributed by atoms with E-state index in [0.29, 0.717) is 39.1 Å². The molecule has 0 aliphatic carbocycles. The monoisotopic (exact) mass is 1190 g/mol. The molecule has 0 radical (unpaired) electrons. The van der Waals surface area contributed by atoms with Crippen LogP contribution in [0.25, 0.3) is 0 Å². The van der Waals surface area contributed by atoms with E-state index in [1.54, 1.807) is 0 Å². The second-order valence-electron chi connectivity index (χ2n) is 19.9. The van der Waals surface area contributed by atoms with Crippen molar-refractivity contribution in [3.05, 3.63) is 72.9 Å². The van der Waals surface area contributed by atoms with Crippen LogP contribution >= 0.6 is 26.8 Å². The molecule has 74 heavy (non-hydrogen) atoms. The van der Waals surface area contributed by atoms with Gasteiger partial charge < -0.3 is 0 Å². The first-order chi connectivity index (χ1) is 36.4. The molecule has 0 heterocycles. The van der Waals surface area contributed by atoms with Gasteiger partial charge in [-0.25, -0.2) is 0 Å². The molecular formula is C64H114O6S3Sn.